The number of nitriles is 1. The number of hydrogen-bond donors (Lipinski definition) is 0. The summed E-state index contributed by atoms with van der Waals surface area (Å²) in [5.41, 5.74) is 4.51. The Morgan fingerprint density at radius 1 is 1.14 bits per heavy atom. The maximum absolute atomic E-state index is 13.9. The third-order valence-electron chi connectivity index (χ3n) is 7.68. The van der Waals surface area contributed by atoms with Crippen molar-refractivity contribution in [3.63, 3.8) is 0 Å². The minimum atomic E-state index is -3.88. The number of sulfonamides is 1. The van der Waals surface area contributed by atoms with E-state index in [4.69, 9.17) is 9.47 Å². The topological polar surface area (TPSA) is 99.9 Å². The molecule has 2 aliphatic carbocycles. The molecule has 2 aromatic rings. The average molecular weight is 522 g/mol. The number of fused-ring (bicyclic) bond motifs is 3. The van der Waals surface area contributed by atoms with Gasteiger partial charge in [0.15, 0.2) is 5.78 Å². The number of Topliss-reactive ketones (excluding diaryl/α,β-unsaturated/α-hetero) is 1. The Balaban J connectivity index is 1.57. The van der Waals surface area contributed by atoms with Gasteiger partial charge < -0.3 is 9.47 Å². The molecule has 1 saturated heterocycles. The van der Waals surface area contributed by atoms with Gasteiger partial charge in [-0.2, -0.15) is 5.26 Å². The molecule has 0 amide bonds. The van der Waals surface area contributed by atoms with Crippen molar-refractivity contribution in [2.75, 3.05) is 53.6 Å². The first-order valence-corrected chi connectivity index (χ1v) is 13.9. The van der Waals surface area contributed by atoms with Gasteiger partial charge >= 0.3 is 0 Å². The lowest BCUT2D eigenvalue weighted by atomic mass is 9.68. The van der Waals surface area contributed by atoms with Crippen LogP contribution >= 0.6 is 0 Å². The molecule has 194 valence electrons. The number of allylic oxidation sites excluding steroid dienone is 2. The van der Waals surface area contributed by atoms with Crippen LogP contribution in [-0.4, -0.2) is 77.0 Å². The van der Waals surface area contributed by atoms with Crippen LogP contribution in [0.5, 0.6) is 5.75 Å². The molecule has 37 heavy (non-hydrogen) atoms. The Kier molecular flexibility index (Phi) is 6.49. The third-order valence-corrected chi connectivity index (χ3v) is 9.52. The summed E-state index contributed by atoms with van der Waals surface area (Å²) in [6.07, 6.45) is 0.573. The average Bonchev–Trinajstić information content (AvgIpc) is 3.28. The molecule has 5 rings (SSSR count). The number of carbonyl (C=O) groups excluding carboxylic acids is 1. The minimum Gasteiger partial charge on any atom is -0.491 e. The number of carbonyl (C=O) groups is 1. The third kappa shape index (κ3) is 4.28. The Hall–Kier alpha value is -3.03. The Bertz CT molecular complexity index is 1460. The molecule has 1 aliphatic heterocycles. The van der Waals surface area contributed by atoms with Crippen molar-refractivity contribution < 1.29 is 22.7 Å². The van der Waals surface area contributed by atoms with Crippen LogP contribution < -0.4 is 4.74 Å². The molecule has 0 unspecified atom stereocenters. The van der Waals surface area contributed by atoms with Crippen LogP contribution in [0.4, 0.5) is 0 Å². The highest BCUT2D eigenvalue weighted by Gasteiger charge is 2.44. The molecule has 0 N–H and O–H groups in total. The number of ketones is 1. The number of hydrogen-bond acceptors (Lipinski definition) is 7. The molecular formula is C28H31N3O5S. The summed E-state index contributed by atoms with van der Waals surface area (Å²) in [6.45, 7) is 8.04. The van der Waals surface area contributed by atoms with Crippen molar-refractivity contribution in [1.82, 2.24) is 9.21 Å². The quantitative estimate of drug-likeness (QED) is 0.576. The number of rotatable bonds is 6. The summed E-state index contributed by atoms with van der Waals surface area (Å²) in [5.74, 6) is 0.0655. The van der Waals surface area contributed by atoms with E-state index in [9.17, 15) is 18.5 Å². The van der Waals surface area contributed by atoms with E-state index in [1.807, 2.05) is 12.1 Å². The molecule has 1 heterocycles. The highest BCUT2D eigenvalue weighted by molar-refractivity contribution is 7.89. The summed E-state index contributed by atoms with van der Waals surface area (Å²) >= 11 is 0. The Morgan fingerprint density at radius 2 is 1.86 bits per heavy atom. The van der Waals surface area contributed by atoms with E-state index >= 15 is 0 Å². The highest BCUT2D eigenvalue weighted by Crippen LogP contribution is 2.51. The number of benzene rings is 2. The molecular weight excluding hydrogens is 490 g/mol. The number of morpholine rings is 1. The summed E-state index contributed by atoms with van der Waals surface area (Å²) in [6, 6.07) is 10.8. The van der Waals surface area contributed by atoms with Gasteiger partial charge in [0.1, 0.15) is 17.3 Å². The smallest absolute Gasteiger partial charge is 0.246 e. The second-order valence-corrected chi connectivity index (χ2v) is 12.5. The molecule has 0 bridgehead atoms. The van der Waals surface area contributed by atoms with Gasteiger partial charge in [0, 0.05) is 50.3 Å². The number of nitrogens with zero attached hydrogens (tertiary/aromatic N) is 3. The number of ether oxygens (including phenoxy) is 2. The molecule has 0 aromatic heterocycles. The molecule has 0 saturated carbocycles. The first-order valence-electron chi connectivity index (χ1n) is 12.4. The van der Waals surface area contributed by atoms with Crippen LogP contribution in [0.3, 0.4) is 0 Å². The fourth-order valence-corrected chi connectivity index (χ4v) is 6.50. The molecule has 0 radical (unpaired) electrons. The van der Waals surface area contributed by atoms with Gasteiger partial charge in [-0.3, -0.25) is 9.69 Å². The first kappa shape index (κ1) is 25.6. The summed E-state index contributed by atoms with van der Waals surface area (Å²) < 4.78 is 39.3. The largest absolute Gasteiger partial charge is 0.491 e. The van der Waals surface area contributed by atoms with Crippen LogP contribution in [0, 0.1) is 11.3 Å². The molecule has 3 aliphatic rings. The maximum Gasteiger partial charge on any atom is 0.246 e. The van der Waals surface area contributed by atoms with Gasteiger partial charge in [-0.05, 0) is 52.9 Å². The molecule has 0 spiro atoms. The van der Waals surface area contributed by atoms with Gasteiger partial charge in [0.25, 0.3) is 0 Å². The van der Waals surface area contributed by atoms with Gasteiger partial charge in [0.05, 0.1) is 24.8 Å². The molecule has 2 aromatic carbocycles. The van der Waals surface area contributed by atoms with Crippen LogP contribution in [-0.2, 0) is 26.6 Å². The molecule has 1 fully saturated rings. The van der Waals surface area contributed by atoms with Crippen LogP contribution in [0.1, 0.15) is 46.5 Å². The zero-order valence-electron chi connectivity index (χ0n) is 21.6. The summed E-state index contributed by atoms with van der Waals surface area (Å²) in [7, 11) is -0.936. The first-order chi connectivity index (χ1) is 17.6. The fraction of sp³-hybridized carbons (Fsp3) is 0.429. The highest BCUT2D eigenvalue weighted by atomic mass is 32.2. The van der Waals surface area contributed by atoms with Crippen LogP contribution in [0.15, 0.2) is 40.8 Å². The van der Waals surface area contributed by atoms with E-state index in [-0.39, 0.29) is 16.4 Å². The van der Waals surface area contributed by atoms with E-state index < -0.39 is 15.4 Å². The van der Waals surface area contributed by atoms with E-state index in [1.54, 1.807) is 12.1 Å². The lowest BCUT2D eigenvalue weighted by Gasteiger charge is -2.35. The second-order valence-electron chi connectivity index (χ2n) is 10.4. The lowest BCUT2D eigenvalue weighted by Crippen LogP contribution is -2.38. The van der Waals surface area contributed by atoms with E-state index in [2.05, 4.69) is 24.8 Å². The van der Waals surface area contributed by atoms with Gasteiger partial charge in [0.2, 0.25) is 10.0 Å². The zero-order valence-corrected chi connectivity index (χ0v) is 22.4. The van der Waals surface area contributed by atoms with Crippen molar-refractivity contribution in [2.24, 2.45) is 0 Å². The van der Waals surface area contributed by atoms with Crippen molar-refractivity contribution in [1.29, 1.82) is 5.26 Å². The van der Waals surface area contributed by atoms with Crippen LogP contribution in [0.25, 0.3) is 5.57 Å². The molecule has 0 atom stereocenters. The normalized spacial score (nSPS) is 18.9. The Morgan fingerprint density at radius 3 is 2.54 bits per heavy atom. The lowest BCUT2D eigenvalue weighted by molar-refractivity contribution is 0.0321. The Labute approximate surface area is 218 Å². The predicted molar refractivity (Wildman–Crippen MR) is 139 cm³/mol. The van der Waals surface area contributed by atoms with E-state index in [1.165, 1.54) is 20.2 Å². The minimum absolute atomic E-state index is 0.00974. The van der Waals surface area contributed by atoms with Crippen molar-refractivity contribution in [3.8, 4) is 11.8 Å². The van der Waals surface area contributed by atoms with E-state index in [0.717, 1.165) is 39.7 Å². The van der Waals surface area contributed by atoms with Crippen molar-refractivity contribution >= 4 is 21.4 Å². The maximum atomic E-state index is 13.9. The summed E-state index contributed by atoms with van der Waals surface area (Å²) in [4.78, 5) is 16.1. The van der Waals surface area contributed by atoms with E-state index in [0.29, 0.717) is 49.5 Å². The fourth-order valence-electron chi connectivity index (χ4n) is 5.47. The predicted octanol–water partition coefficient (Wildman–Crippen LogP) is 3.00. The van der Waals surface area contributed by atoms with Gasteiger partial charge in [-0.1, -0.05) is 19.9 Å². The second kappa shape index (κ2) is 9.37. The van der Waals surface area contributed by atoms with Gasteiger partial charge in [-0.25, -0.2) is 12.7 Å². The summed E-state index contributed by atoms with van der Waals surface area (Å²) in [5, 5.41) is 9.35. The van der Waals surface area contributed by atoms with Crippen molar-refractivity contribution in [2.45, 2.75) is 30.6 Å². The van der Waals surface area contributed by atoms with Crippen molar-refractivity contribution in [3.05, 3.63) is 63.7 Å². The molecule has 8 nitrogen and oxygen atoms in total. The van der Waals surface area contributed by atoms with Crippen LogP contribution in [0.2, 0.25) is 0 Å². The van der Waals surface area contributed by atoms with Gasteiger partial charge in [-0.15, -0.1) is 0 Å². The molecule has 9 heteroatoms. The monoisotopic (exact) mass is 521 g/mol. The SMILES string of the molecule is CN(C)S(=O)(=O)c1cc2c(cc1OCCN1CCOCC1)C(C)(C)C1=C(C2=O)c2ccc(C#N)cc2C1. The zero-order chi connectivity index (χ0) is 26.5. The standard InChI is InChI=1S/C28H31N3O5S/c1-28(2)22-16-24(36-12-9-31-7-10-35-11-8-31)25(37(33,34)30(3)4)15-21(22)27(32)26-20-6-5-18(17-29)13-19(20)14-23(26)28/h5-6,13,15-16H,7-12,14H2,1-4H3.